The van der Waals surface area contributed by atoms with Gasteiger partial charge in [0.2, 0.25) is 19.9 Å². The predicted molar refractivity (Wildman–Crippen MR) is 127 cm³/mol. The van der Waals surface area contributed by atoms with Crippen molar-refractivity contribution in [3.05, 3.63) is 66.0 Å². The molecule has 1 aromatic heterocycles. The van der Waals surface area contributed by atoms with Crippen LogP contribution in [0, 0.1) is 13.8 Å². The second-order valence-electron chi connectivity index (χ2n) is 8.03. The summed E-state index contributed by atoms with van der Waals surface area (Å²) in [5.74, 6) is 0.578. The maximum absolute atomic E-state index is 13.4. The van der Waals surface area contributed by atoms with Gasteiger partial charge < -0.3 is 9.64 Å². The molecule has 3 aromatic rings. The first-order valence-corrected chi connectivity index (χ1v) is 13.6. The molecule has 0 spiro atoms. The van der Waals surface area contributed by atoms with Gasteiger partial charge in [-0.2, -0.15) is 4.31 Å². The van der Waals surface area contributed by atoms with Gasteiger partial charge >= 0.3 is 0 Å². The molecule has 11 heteroatoms. The highest BCUT2D eigenvalue weighted by atomic mass is 32.2. The number of benzene rings is 2. The minimum absolute atomic E-state index is 0.149. The molecule has 0 radical (unpaired) electrons. The van der Waals surface area contributed by atoms with Crippen LogP contribution in [-0.4, -0.2) is 64.4 Å². The first-order chi connectivity index (χ1) is 16.1. The molecule has 1 saturated heterocycles. The summed E-state index contributed by atoms with van der Waals surface area (Å²) in [5.41, 5.74) is 2.04. The number of piperazine rings is 1. The zero-order valence-electron chi connectivity index (χ0n) is 19.2. The average Bonchev–Trinajstić information content (AvgIpc) is 2.84. The monoisotopic (exact) mass is 502 g/mol. The molecule has 1 aliphatic heterocycles. The lowest BCUT2D eigenvalue weighted by molar-refractivity contribution is 0.383. The second-order valence-corrected chi connectivity index (χ2v) is 11.7. The molecule has 0 aliphatic carbocycles. The Bertz CT molecular complexity index is 1390. The number of ether oxygens (including phenoxy) is 1. The van der Waals surface area contributed by atoms with Crippen molar-refractivity contribution in [3.8, 4) is 5.75 Å². The van der Waals surface area contributed by atoms with E-state index in [0.29, 0.717) is 30.1 Å². The lowest BCUT2D eigenvalue weighted by atomic mass is 10.1. The van der Waals surface area contributed by atoms with Crippen LogP contribution in [0.5, 0.6) is 5.75 Å². The van der Waals surface area contributed by atoms with E-state index >= 15 is 0 Å². The zero-order chi connectivity index (χ0) is 24.5. The summed E-state index contributed by atoms with van der Waals surface area (Å²) in [5, 5.41) is -0.260. The van der Waals surface area contributed by atoms with Gasteiger partial charge in [0, 0.05) is 38.6 Å². The summed E-state index contributed by atoms with van der Waals surface area (Å²) in [7, 11) is -6.12. The van der Waals surface area contributed by atoms with Crippen LogP contribution in [0.2, 0.25) is 0 Å². The van der Waals surface area contributed by atoms with Crippen molar-refractivity contribution < 1.29 is 21.6 Å². The summed E-state index contributed by atoms with van der Waals surface area (Å²) in [4.78, 5) is 10.2. The number of rotatable bonds is 6. The van der Waals surface area contributed by atoms with Gasteiger partial charge in [0.15, 0.2) is 0 Å². The smallest absolute Gasteiger partial charge is 0.252 e. The molecule has 9 nitrogen and oxygen atoms in total. The number of nitrogens with zero attached hydrogens (tertiary/aromatic N) is 4. The molecular formula is C23H26N4O5S2. The highest BCUT2D eigenvalue weighted by Gasteiger charge is 2.33. The highest BCUT2D eigenvalue weighted by molar-refractivity contribution is 7.91. The Hall–Kier alpha value is -3.02. The number of anilines is 1. The fourth-order valence-electron chi connectivity index (χ4n) is 4.10. The number of aryl methyl sites for hydroxylation is 2. The molecule has 0 unspecified atom stereocenters. The maximum Gasteiger partial charge on any atom is 0.252 e. The zero-order valence-corrected chi connectivity index (χ0v) is 20.8. The van der Waals surface area contributed by atoms with Crippen LogP contribution in [0.15, 0.2) is 69.8 Å². The van der Waals surface area contributed by atoms with Gasteiger partial charge in [0.05, 0.1) is 17.7 Å². The lowest BCUT2D eigenvalue weighted by Gasteiger charge is -2.36. The Morgan fingerprint density at radius 3 is 2.09 bits per heavy atom. The van der Waals surface area contributed by atoms with E-state index in [9.17, 15) is 16.8 Å². The van der Waals surface area contributed by atoms with E-state index in [2.05, 4.69) is 9.97 Å². The van der Waals surface area contributed by atoms with Crippen LogP contribution in [0.4, 0.5) is 5.69 Å². The van der Waals surface area contributed by atoms with Crippen LogP contribution in [-0.2, 0) is 19.9 Å². The van der Waals surface area contributed by atoms with Crippen molar-refractivity contribution in [3.63, 3.8) is 0 Å². The van der Waals surface area contributed by atoms with E-state index in [1.807, 2.05) is 24.0 Å². The molecule has 180 valence electrons. The minimum atomic E-state index is -3.97. The average molecular weight is 503 g/mol. The SMILES string of the molecule is COc1ccc(S(=O)(=O)N2CCN(c3cc(C)cc(C)c3S(=O)(=O)c3ncccn3)CC2)cc1. The van der Waals surface area contributed by atoms with E-state index in [4.69, 9.17) is 4.74 Å². The van der Waals surface area contributed by atoms with Gasteiger partial charge in [-0.05, 0) is 61.4 Å². The third kappa shape index (κ3) is 4.50. The Morgan fingerprint density at radius 1 is 0.882 bits per heavy atom. The summed E-state index contributed by atoms with van der Waals surface area (Å²) in [6.07, 6.45) is 2.79. The van der Waals surface area contributed by atoms with Gasteiger partial charge in [0.25, 0.3) is 5.16 Å². The standard InChI is InChI=1S/C23H26N4O5S2/c1-17-15-18(2)22(33(28,29)23-24-9-4-10-25-23)21(16-17)26-11-13-27(14-12-26)34(30,31)20-7-5-19(32-3)6-8-20/h4-10,15-16H,11-14H2,1-3H3. The largest absolute Gasteiger partial charge is 0.497 e. The van der Waals surface area contributed by atoms with E-state index in [1.165, 1.54) is 35.9 Å². The van der Waals surface area contributed by atoms with Crippen molar-refractivity contribution in [2.45, 2.75) is 28.8 Å². The predicted octanol–water partition coefficient (Wildman–Crippen LogP) is 2.45. The van der Waals surface area contributed by atoms with Crippen molar-refractivity contribution in [2.75, 3.05) is 38.2 Å². The summed E-state index contributed by atoms with van der Waals surface area (Å²) in [6, 6.07) is 11.5. The van der Waals surface area contributed by atoms with E-state index in [1.54, 1.807) is 25.1 Å². The van der Waals surface area contributed by atoms with Crippen molar-refractivity contribution in [1.29, 1.82) is 0 Å². The normalized spacial score (nSPS) is 15.3. The molecule has 1 aliphatic rings. The molecule has 34 heavy (non-hydrogen) atoms. The molecule has 0 bridgehead atoms. The van der Waals surface area contributed by atoms with Crippen molar-refractivity contribution in [1.82, 2.24) is 14.3 Å². The molecular weight excluding hydrogens is 476 g/mol. The number of aromatic nitrogens is 2. The molecule has 0 N–H and O–H groups in total. The van der Waals surface area contributed by atoms with E-state index in [0.717, 1.165) is 5.56 Å². The molecule has 2 heterocycles. The Balaban J connectivity index is 1.63. The minimum Gasteiger partial charge on any atom is -0.497 e. The molecule has 0 amide bonds. The van der Waals surface area contributed by atoms with E-state index in [-0.39, 0.29) is 28.0 Å². The van der Waals surface area contributed by atoms with Crippen molar-refractivity contribution >= 4 is 25.5 Å². The Morgan fingerprint density at radius 2 is 1.50 bits per heavy atom. The quantitative estimate of drug-likeness (QED) is 0.473. The summed E-state index contributed by atoms with van der Waals surface area (Å²) >= 11 is 0. The first kappa shape index (κ1) is 24.1. The fraction of sp³-hybridized carbons (Fsp3) is 0.304. The van der Waals surface area contributed by atoms with E-state index < -0.39 is 19.9 Å². The maximum atomic E-state index is 13.4. The van der Waals surface area contributed by atoms with Crippen LogP contribution in [0.25, 0.3) is 0 Å². The third-order valence-electron chi connectivity index (χ3n) is 5.73. The molecule has 2 aromatic carbocycles. The van der Waals surface area contributed by atoms with Gasteiger partial charge in [-0.25, -0.2) is 26.8 Å². The van der Waals surface area contributed by atoms with Gasteiger partial charge in [-0.3, -0.25) is 0 Å². The van der Waals surface area contributed by atoms with Gasteiger partial charge in [0.1, 0.15) is 10.6 Å². The van der Waals surface area contributed by atoms with Gasteiger partial charge in [-0.15, -0.1) is 0 Å². The van der Waals surface area contributed by atoms with Gasteiger partial charge in [-0.1, -0.05) is 6.07 Å². The topological polar surface area (TPSA) is 110 Å². The first-order valence-electron chi connectivity index (χ1n) is 10.7. The molecule has 1 fully saturated rings. The summed E-state index contributed by atoms with van der Waals surface area (Å²) in [6.45, 7) is 4.78. The Labute approximate surface area is 200 Å². The van der Waals surface area contributed by atoms with Crippen molar-refractivity contribution in [2.24, 2.45) is 0 Å². The molecule has 0 saturated carbocycles. The number of hydrogen-bond donors (Lipinski definition) is 0. The van der Waals surface area contributed by atoms with Crippen LogP contribution < -0.4 is 9.64 Å². The third-order valence-corrected chi connectivity index (χ3v) is 9.40. The lowest BCUT2D eigenvalue weighted by Crippen LogP contribution is -2.49. The summed E-state index contributed by atoms with van der Waals surface area (Å²) < 4.78 is 59.6. The van der Waals surface area contributed by atoms with Crippen LogP contribution >= 0.6 is 0 Å². The fourth-order valence-corrected chi connectivity index (χ4v) is 7.05. The number of methoxy groups -OCH3 is 1. The number of sulfonamides is 1. The van der Waals surface area contributed by atoms with Crippen LogP contribution in [0.1, 0.15) is 11.1 Å². The molecule has 4 rings (SSSR count). The highest BCUT2D eigenvalue weighted by Crippen LogP contribution is 2.34. The molecule has 0 atom stereocenters. The Kier molecular flexibility index (Phi) is 6.61. The number of hydrogen-bond acceptors (Lipinski definition) is 8. The number of sulfone groups is 1. The second kappa shape index (κ2) is 9.32. The van der Waals surface area contributed by atoms with Crippen LogP contribution in [0.3, 0.4) is 0 Å².